The Kier molecular flexibility index (Phi) is 4.94. The number of halogens is 6. The van der Waals surface area contributed by atoms with Gasteiger partial charge >= 0.3 is 5.97 Å². The largest absolute Gasteiger partial charge is 0.462 e. The molecule has 1 aromatic rings. The van der Waals surface area contributed by atoms with Gasteiger partial charge in [-0.15, -0.1) is 23.2 Å². The molecule has 2 amide bonds. The highest BCUT2D eigenvalue weighted by Crippen LogP contribution is 2.77. The fourth-order valence-electron chi connectivity index (χ4n) is 4.21. The van der Waals surface area contributed by atoms with Gasteiger partial charge in [0.1, 0.15) is 9.75 Å². The predicted molar refractivity (Wildman–Crippen MR) is 112 cm³/mol. The quantitative estimate of drug-likeness (QED) is 0.328. The van der Waals surface area contributed by atoms with Gasteiger partial charge in [-0.25, -0.2) is 9.69 Å². The van der Waals surface area contributed by atoms with Crippen LogP contribution >= 0.6 is 69.6 Å². The molecule has 0 spiro atoms. The highest BCUT2D eigenvalue weighted by atomic mass is 35.5. The zero-order valence-corrected chi connectivity index (χ0v) is 19.1. The molecule has 5 nitrogen and oxygen atoms in total. The van der Waals surface area contributed by atoms with Gasteiger partial charge in [-0.2, -0.15) is 0 Å². The molecule has 2 bridgehead atoms. The topological polar surface area (TPSA) is 63.7 Å². The minimum absolute atomic E-state index is 0.150. The van der Waals surface area contributed by atoms with E-state index in [-0.39, 0.29) is 27.9 Å². The second-order valence-corrected chi connectivity index (χ2v) is 10.1. The van der Waals surface area contributed by atoms with E-state index in [1.165, 1.54) is 24.3 Å². The van der Waals surface area contributed by atoms with E-state index in [0.29, 0.717) is 0 Å². The van der Waals surface area contributed by atoms with Crippen LogP contribution in [0.25, 0.3) is 0 Å². The molecule has 2 fully saturated rings. The van der Waals surface area contributed by atoms with Crippen molar-refractivity contribution in [2.45, 2.75) is 21.0 Å². The number of imide groups is 1. The predicted octanol–water partition coefficient (Wildman–Crippen LogP) is 4.81. The van der Waals surface area contributed by atoms with Gasteiger partial charge < -0.3 is 4.74 Å². The lowest BCUT2D eigenvalue weighted by Crippen LogP contribution is -2.50. The number of ether oxygens (including phenoxy) is 1. The Morgan fingerprint density at radius 2 is 1.41 bits per heavy atom. The number of esters is 1. The van der Waals surface area contributed by atoms with Crippen molar-refractivity contribution >= 4 is 93.1 Å². The average Bonchev–Trinajstić information content (AvgIpc) is 3.06. The first-order chi connectivity index (χ1) is 13.5. The van der Waals surface area contributed by atoms with Crippen molar-refractivity contribution in [1.29, 1.82) is 0 Å². The van der Waals surface area contributed by atoms with Crippen molar-refractivity contribution in [3.8, 4) is 0 Å². The number of hydrogen-bond acceptors (Lipinski definition) is 4. The van der Waals surface area contributed by atoms with Crippen LogP contribution in [0.2, 0.25) is 0 Å². The molecule has 3 aliphatic rings. The molecule has 154 valence electrons. The van der Waals surface area contributed by atoms with Crippen LogP contribution < -0.4 is 4.90 Å². The third kappa shape index (κ3) is 2.35. The summed E-state index contributed by atoms with van der Waals surface area (Å²) in [7, 11) is 0. The molecular weight excluding hydrogens is 507 g/mol. The molecule has 1 saturated carbocycles. The number of benzene rings is 1. The number of carbonyl (C=O) groups is 3. The van der Waals surface area contributed by atoms with E-state index >= 15 is 0 Å². The van der Waals surface area contributed by atoms with Gasteiger partial charge in [-0.1, -0.05) is 46.4 Å². The zero-order valence-electron chi connectivity index (χ0n) is 14.5. The smallest absolute Gasteiger partial charge is 0.338 e. The molecule has 4 unspecified atom stereocenters. The summed E-state index contributed by atoms with van der Waals surface area (Å²) in [6, 6.07) is 5.76. The lowest BCUT2D eigenvalue weighted by molar-refractivity contribution is -0.123. The number of nitrogens with zero attached hydrogens (tertiary/aromatic N) is 1. The fraction of sp³-hybridized carbons (Fsp3) is 0.389. The maximum Gasteiger partial charge on any atom is 0.338 e. The summed E-state index contributed by atoms with van der Waals surface area (Å²) in [5.41, 5.74) is 0.496. The van der Waals surface area contributed by atoms with Crippen LogP contribution in [0.15, 0.2) is 34.3 Å². The summed E-state index contributed by atoms with van der Waals surface area (Å²) in [6.07, 6.45) is 0. The molecule has 4 atom stereocenters. The van der Waals surface area contributed by atoms with Gasteiger partial charge in [0, 0.05) is 0 Å². The molecule has 2 aliphatic carbocycles. The van der Waals surface area contributed by atoms with Crippen LogP contribution in [-0.4, -0.2) is 38.5 Å². The third-order valence-corrected chi connectivity index (χ3v) is 9.80. The Morgan fingerprint density at radius 1 is 0.966 bits per heavy atom. The number of amides is 2. The molecule has 1 aromatic carbocycles. The van der Waals surface area contributed by atoms with Crippen LogP contribution in [0.1, 0.15) is 17.3 Å². The average molecular weight is 518 g/mol. The number of carbonyl (C=O) groups excluding carboxylic acids is 3. The normalized spacial score (nSPS) is 34.8. The Labute approximate surface area is 195 Å². The van der Waals surface area contributed by atoms with Crippen LogP contribution in [0, 0.1) is 11.8 Å². The van der Waals surface area contributed by atoms with Gasteiger partial charge in [0.05, 0.1) is 39.8 Å². The van der Waals surface area contributed by atoms with E-state index in [2.05, 4.69) is 0 Å². The van der Waals surface area contributed by atoms with Crippen molar-refractivity contribution in [3.05, 3.63) is 39.9 Å². The van der Waals surface area contributed by atoms with Gasteiger partial charge in [0.15, 0.2) is 4.33 Å². The van der Waals surface area contributed by atoms with Gasteiger partial charge in [0.2, 0.25) is 11.8 Å². The first-order valence-corrected chi connectivity index (χ1v) is 10.7. The highest BCUT2D eigenvalue weighted by molar-refractivity contribution is 6.67. The summed E-state index contributed by atoms with van der Waals surface area (Å²) < 4.78 is 2.95. The molecule has 1 aliphatic heterocycles. The number of alkyl halides is 4. The molecule has 1 heterocycles. The lowest BCUT2D eigenvalue weighted by atomic mass is 9.84. The Bertz CT molecular complexity index is 947. The Morgan fingerprint density at radius 3 is 1.83 bits per heavy atom. The Balaban J connectivity index is 1.76. The van der Waals surface area contributed by atoms with Crippen molar-refractivity contribution < 1.29 is 19.1 Å². The van der Waals surface area contributed by atoms with Crippen molar-refractivity contribution in [3.63, 3.8) is 0 Å². The highest BCUT2D eigenvalue weighted by Gasteiger charge is 2.87. The third-order valence-electron chi connectivity index (χ3n) is 5.55. The van der Waals surface area contributed by atoms with Gasteiger partial charge in [-0.3, -0.25) is 9.59 Å². The van der Waals surface area contributed by atoms with Crippen molar-refractivity contribution in [1.82, 2.24) is 0 Å². The number of anilines is 1. The molecule has 0 N–H and O–H groups in total. The van der Waals surface area contributed by atoms with Crippen LogP contribution in [-0.2, 0) is 14.3 Å². The van der Waals surface area contributed by atoms with Crippen LogP contribution in [0.4, 0.5) is 5.69 Å². The standard InChI is InChI=1S/C18H11Cl6NO4/c1-2-29-15(28)7-3-5-8(6-4-7)25-13(26)9-10(14(25)27)17(22)12(20)11(19)16(9,21)18(17,23)24/h3-6,9-10H,2H2,1H3. The van der Waals surface area contributed by atoms with Crippen molar-refractivity contribution in [2.24, 2.45) is 11.8 Å². The molecule has 4 rings (SSSR count). The van der Waals surface area contributed by atoms with E-state index in [9.17, 15) is 14.4 Å². The van der Waals surface area contributed by atoms with Crippen molar-refractivity contribution in [2.75, 3.05) is 11.5 Å². The minimum Gasteiger partial charge on any atom is -0.462 e. The van der Waals surface area contributed by atoms with E-state index < -0.39 is 43.7 Å². The summed E-state index contributed by atoms with van der Waals surface area (Å²) in [4.78, 5) is 35.5. The molecule has 0 radical (unpaired) electrons. The van der Waals surface area contributed by atoms with Crippen LogP contribution in [0.5, 0.6) is 0 Å². The minimum atomic E-state index is -1.97. The SMILES string of the molecule is CCOC(=O)c1ccc(N2C(=O)C3C(C2=O)C2(Cl)C(Cl)=C(Cl)C3(Cl)C2(Cl)Cl)cc1. The molecule has 1 saturated heterocycles. The van der Waals surface area contributed by atoms with E-state index in [1.807, 2.05) is 0 Å². The summed E-state index contributed by atoms with van der Waals surface area (Å²) in [5, 5.41) is -0.300. The number of rotatable bonds is 3. The summed E-state index contributed by atoms with van der Waals surface area (Å²) >= 11 is 38.7. The maximum absolute atomic E-state index is 13.2. The maximum atomic E-state index is 13.2. The van der Waals surface area contributed by atoms with Crippen LogP contribution in [0.3, 0.4) is 0 Å². The summed E-state index contributed by atoms with van der Waals surface area (Å²) in [6.45, 7) is 1.90. The van der Waals surface area contributed by atoms with Gasteiger partial charge in [-0.05, 0) is 31.2 Å². The zero-order chi connectivity index (χ0) is 21.5. The lowest BCUT2D eigenvalue weighted by Gasteiger charge is -2.34. The summed E-state index contributed by atoms with van der Waals surface area (Å²) in [5.74, 6) is -4.25. The second-order valence-electron chi connectivity index (χ2n) is 6.86. The first-order valence-electron chi connectivity index (χ1n) is 8.43. The molecule has 29 heavy (non-hydrogen) atoms. The monoisotopic (exact) mass is 515 g/mol. The second kappa shape index (κ2) is 6.65. The first kappa shape index (κ1) is 21.5. The number of allylic oxidation sites excluding steroid dienone is 2. The Hall–Kier alpha value is -0.690. The van der Waals surface area contributed by atoms with E-state index in [4.69, 9.17) is 74.3 Å². The molecule has 11 heteroatoms. The molecule has 0 aromatic heterocycles. The van der Waals surface area contributed by atoms with E-state index in [1.54, 1.807) is 6.92 Å². The fourth-order valence-corrected chi connectivity index (χ4v) is 7.14. The number of hydrogen-bond donors (Lipinski definition) is 0. The van der Waals surface area contributed by atoms with Gasteiger partial charge in [0.25, 0.3) is 0 Å². The van der Waals surface area contributed by atoms with E-state index in [0.717, 1.165) is 4.90 Å². The number of fused-ring (bicyclic) bond motifs is 5. The molecular formula is C18H11Cl6NO4.